The van der Waals surface area contributed by atoms with E-state index in [0.717, 1.165) is 5.56 Å². The zero-order valence-corrected chi connectivity index (χ0v) is 30.5. The Balaban J connectivity index is 0.000000337. The Labute approximate surface area is 342 Å². The fourth-order valence-corrected chi connectivity index (χ4v) is 6.75. The molecule has 6 aromatic rings. The summed E-state index contributed by atoms with van der Waals surface area (Å²) >= 11 is 0. The Kier molecular flexibility index (Phi) is 13.6. The molecule has 4 nitrogen and oxygen atoms in total. The number of aromatic nitrogens is 1. The Morgan fingerprint density at radius 3 is 0.938 bits per heavy atom. The maximum atomic E-state index is 15.4. The Bertz CT molecular complexity index is 2510. The Morgan fingerprint density at radius 2 is 0.656 bits per heavy atom. The molecule has 0 spiro atoms. The van der Waals surface area contributed by atoms with Crippen LogP contribution in [0.4, 0.5) is 87.8 Å². The lowest BCUT2D eigenvalue weighted by molar-refractivity contribution is -0.690. The van der Waals surface area contributed by atoms with Crippen LogP contribution in [-0.2, 0) is 11.3 Å². The third-order valence-corrected chi connectivity index (χ3v) is 9.44. The highest BCUT2D eigenvalue weighted by atomic mass is 19.2. The average Bonchev–Trinajstić information content (AvgIpc) is 3.26. The van der Waals surface area contributed by atoms with Gasteiger partial charge in [0.05, 0.1) is 0 Å². The Morgan fingerprint density at radius 1 is 0.391 bits per heavy atom. The maximum absolute atomic E-state index is 15.4. The van der Waals surface area contributed by atoms with E-state index in [2.05, 4.69) is 0 Å². The number of halogens is 20. The number of hydrogen-bond donors (Lipinski definition) is 1. The van der Waals surface area contributed by atoms with Crippen molar-refractivity contribution < 1.29 is 107 Å². The van der Waals surface area contributed by atoms with Crippen LogP contribution in [0.3, 0.4) is 0 Å². The van der Waals surface area contributed by atoms with Gasteiger partial charge in [-0.1, -0.05) is 30.3 Å². The molecule has 1 heterocycles. The summed E-state index contributed by atoms with van der Waals surface area (Å²) in [6.45, 7) is 0.544. The summed E-state index contributed by atoms with van der Waals surface area (Å²) in [6.07, 6.45) is -5.92. The summed E-state index contributed by atoms with van der Waals surface area (Å²) in [5, 5.41) is 8.70. The number of Topliss-reactive ketones (excluding diaryl/α,β-unsaturated/α-hetero) is 1. The minimum atomic E-state index is -7.22. The summed E-state index contributed by atoms with van der Waals surface area (Å²) in [7, 11) is 0. The van der Waals surface area contributed by atoms with Gasteiger partial charge >= 0.3 is 5.97 Å². The fourth-order valence-electron chi connectivity index (χ4n) is 6.75. The molecule has 64 heavy (non-hydrogen) atoms. The van der Waals surface area contributed by atoms with Gasteiger partial charge in [-0.2, -0.15) is 4.57 Å². The first-order valence-electron chi connectivity index (χ1n) is 16.9. The highest BCUT2D eigenvalue weighted by Gasteiger charge is 2.52. The molecule has 0 aliphatic carbocycles. The van der Waals surface area contributed by atoms with Crippen LogP contribution in [0.15, 0.2) is 54.7 Å². The smallest absolute Gasteiger partial charge is 0.311 e. The third kappa shape index (κ3) is 7.75. The van der Waals surface area contributed by atoms with Gasteiger partial charge in [-0.25, -0.2) is 87.8 Å². The molecule has 0 atom stereocenters. The molecule has 5 aromatic carbocycles. The highest BCUT2D eigenvalue weighted by Crippen LogP contribution is 2.30. The van der Waals surface area contributed by atoms with Crippen molar-refractivity contribution in [3.05, 3.63) is 182 Å². The van der Waals surface area contributed by atoms with Crippen LogP contribution >= 0.6 is 0 Å². The molecule has 0 fully saturated rings. The highest BCUT2D eigenvalue weighted by molar-refractivity contribution is 7.20. The maximum Gasteiger partial charge on any atom is 0.311 e. The first-order valence-corrected chi connectivity index (χ1v) is 16.9. The van der Waals surface area contributed by atoms with E-state index in [1.54, 1.807) is 22.9 Å². The number of carboxylic acids is 1. The number of carbonyl (C=O) groups excluding carboxylic acids is 1. The molecule has 336 valence electrons. The van der Waals surface area contributed by atoms with E-state index in [1.165, 1.54) is 0 Å². The van der Waals surface area contributed by atoms with Crippen LogP contribution in [0.5, 0.6) is 0 Å². The van der Waals surface area contributed by atoms with Gasteiger partial charge in [0, 0.05) is 17.7 Å². The van der Waals surface area contributed by atoms with Crippen molar-refractivity contribution in [2.75, 3.05) is 0 Å². The Hall–Kier alpha value is -6.95. The number of aliphatic carboxylic acids is 1. The number of carbonyl (C=O) groups is 2. The van der Waals surface area contributed by atoms with Crippen LogP contribution in [0.1, 0.15) is 22.5 Å². The summed E-state index contributed by atoms with van der Waals surface area (Å²) in [4.78, 5) is 22.5. The number of ketones is 1. The molecular weight excluding hydrogens is 921 g/mol. The summed E-state index contributed by atoms with van der Waals surface area (Å²) in [6, 6.07) is 14.9. The molecule has 0 aliphatic heterocycles. The van der Waals surface area contributed by atoms with Gasteiger partial charge in [0.2, 0.25) is 11.5 Å². The SMILES string of the molecule is Fc1c(F)c(F)c([B-](c2c(F)c(F)c(F)c(F)c2F)(c2c(F)c(F)c(F)c(F)c2F)c2c(F)c(F)c(F)c(F)c2F)c(F)c1F.O=C(O)CC(=O)c1cccc[n+]1Cc1ccccc1. The lowest BCUT2D eigenvalue weighted by Gasteiger charge is -2.44. The van der Waals surface area contributed by atoms with Gasteiger partial charge in [-0.3, -0.25) is 9.59 Å². The van der Waals surface area contributed by atoms with Crippen molar-refractivity contribution >= 4 is 39.7 Å². The van der Waals surface area contributed by atoms with Crippen molar-refractivity contribution in [2.45, 2.75) is 13.0 Å². The van der Waals surface area contributed by atoms with Gasteiger partial charge in [0.1, 0.15) is 59.1 Å². The van der Waals surface area contributed by atoms with Crippen molar-refractivity contribution in [3.63, 3.8) is 0 Å². The molecule has 1 aromatic heterocycles. The van der Waals surface area contributed by atoms with E-state index in [1.807, 2.05) is 36.4 Å². The molecule has 0 bridgehead atoms. The largest absolute Gasteiger partial charge is 0.481 e. The van der Waals surface area contributed by atoms with Crippen molar-refractivity contribution in [1.29, 1.82) is 0 Å². The number of benzene rings is 5. The number of nitrogens with zero attached hydrogens (tertiary/aromatic N) is 1. The molecule has 25 heteroatoms. The molecule has 0 aliphatic rings. The average molecular weight is 935 g/mol. The predicted octanol–water partition coefficient (Wildman–Crippen LogP) is 7.53. The second-order valence-corrected chi connectivity index (χ2v) is 13.0. The molecule has 0 unspecified atom stereocenters. The lowest BCUT2D eigenvalue weighted by Crippen LogP contribution is -2.81. The van der Waals surface area contributed by atoms with E-state index in [-0.39, 0.29) is 5.78 Å². The van der Waals surface area contributed by atoms with Crippen molar-refractivity contribution in [2.24, 2.45) is 0 Å². The van der Waals surface area contributed by atoms with E-state index in [0.29, 0.717) is 12.2 Å². The van der Waals surface area contributed by atoms with Gasteiger partial charge in [-0.05, 0) is 6.07 Å². The van der Waals surface area contributed by atoms with Crippen molar-refractivity contribution in [3.8, 4) is 0 Å². The van der Waals surface area contributed by atoms with Crippen molar-refractivity contribution in [1.82, 2.24) is 0 Å². The molecule has 0 amide bonds. The number of hydrogen-bond acceptors (Lipinski definition) is 2. The monoisotopic (exact) mass is 935 g/mol. The van der Waals surface area contributed by atoms with Gasteiger partial charge < -0.3 is 5.11 Å². The van der Waals surface area contributed by atoms with Crippen LogP contribution < -0.4 is 26.4 Å². The minimum Gasteiger partial charge on any atom is -0.481 e. The molecule has 1 N–H and O–H groups in total. The molecule has 0 radical (unpaired) electrons. The van der Waals surface area contributed by atoms with E-state index >= 15 is 35.1 Å². The molecule has 0 saturated carbocycles. The quantitative estimate of drug-likeness (QED) is 0.0311. The number of rotatable bonds is 9. The van der Waals surface area contributed by atoms with Gasteiger partial charge in [0.15, 0.2) is 82.5 Å². The lowest BCUT2D eigenvalue weighted by atomic mass is 9.12. The number of pyridine rings is 1. The van der Waals surface area contributed by atoms with E-state index in [4.69, 9.17) is 5.11 Å². The standard InChI is InChI=1S/C24BF20.C15H13NO3/c26-5-1(6(27)14(35)21(42)13(5)34)25(2-7(28)15(36)22(43)16(37)8(2)29,3-9(30)17(38)23(44)18(39)10(3)31)4-11(32)19(40)24(45)20(41)12(4)33;17-14(10-15(18)19)13-8-4-5-9-16(13)11-12-6-2-1-3-7-12/h;1-9H,10-11H2/q-1;/p+1. The predicted molar refractivity (Wildman–Crippen MR) is 178 cm³/mol. The van der Waals surface area contributed by atoms with Crippen LogP contribution in [0.2, 0.25) is 0 Å². The summed E-state index contributed by atoms with van der Waals surface area (Å²) in [5.41, 5.74) is -12.9. The van der Waals surface area contributed by atoms with Gasteiger partial charge in [-0.15, -0.1) is 21.9 Å². The second kappa shape index (κ2) is 18.0. The molecule has 0 saturated heterocycles. The molecule has 6 rings (SSSR count). The van der Waals surface area contributed by atoms with Gasteiger partial charge in [0.25, 0.3) is 0 Å². The third-order valence-electron chi connectivity index (χ3n) is 9.44. The zero-order chi connectivity index (χ0) is 48.0. The molecular formula is C39H14BF20NO3. The van der Waals surface area contributed by atoms with E-state index in [9.17, 15) is 62.3 Å². The first kappa shape index (κ1) is 48.1. The van der Waals surface area contributed by atoms with E-state index < -0.39 is 157 Å². The normalized spacial score (nSPS) is 11.4. The second-order valence-electron chi connectivity index (χ2n) is 13.0. The minimum absolute atomic E-state index is 0.385. The summed E-state index contributed by atoms with van der Waals surface area (Å²) in [5.74, 6) is -72.9. The number of carboxylic acid groups (broad SMARTS) is 1. The fraction of sp³-hybridized carbons (Fsp3) is 0.0513. The topological polar surface area (TPSA) is 58.2 Å². The van der Waals surface area contributed by atoms with Crippen LogP contribution in [-0.4, -0.2) is 23.0 Å². The summed E-state index contributed by atoms with van der Waals surface area (Å²) < 4.78 is 296. The van der Waals surface area contributed by atoms with Crippen LogP contribution in [0, 0.1) is 116 Å². The first-order chi connectivity index (χ1) is 29.9. The van der Waals surface area contributed by atoms with Crippen LogP contribution in [0.25, 0.3) is 0 Å². The zero-order valence-electron chi connectivity index (χ0n) is 30.5.